The number of fused-ring (bicyclic) bond motifs is 2. The summed E-state index contributed by atoms with van der Waals surface area (Å²) in [6.45, 7) is 4.04. The molecule has 5 nitrogen and oxygen atoms in total. The van der Waals surface area contributed by atoms with E-state index in [0.29, 0.717) is 16.5 Å². The van der Waals surface area contributed by atoms with Crippen LogP contribution >= 0.6 is 0 Å². The molecule has 1 aliphatic rings. The van der Waals surface area contributed by atoms with Crippen molar-refractivity contribution < 1.29 is 4.74 Å². The fraction of sp³-hybridized carbons (Fsp3) is 0.190. The molecule has 0 fully saturated rings. The van der Waals surface area contributed by atoms with Gasteiger partial charge in [-0.1, -0.05) is 12.1 Å². The second kappa shape index (κ2) is 6.16. The number of hydrogen-bond acceptors (Lipinski definition) is 4. The van der Waals surface area contributed by atoms with Crippen molar-refractivity contribution in [2.45, 2.75) is 26.4 Å². The molecule has 4 rings (SSSR count). The summed E-state index contributed by atoms with van der Waals surface area (Å²) < 4.78 is 5.83. The number of H-pyrrole nitrogens is 1. The summed E-state index contributed by atoms with van der Waals surface area (Å²) in [4.78, 5) is 19.4. The second-order valence-corrected chi connectivity index (χ2v) is 6.56. The Morgan fingerprint density at radius 3 is 3.00 bits per heavy atom. The molecule has 0 bridgehead atoms. The SMILES string of the molecule is Cc1cc(C=C(C#N)c2nc3ccccc3c(=O)[nH]2)cc2c1OC(C)C2. The van der Waals surface area contributed by atoms with Crippen LogP contribution in [-0.4, -0.2) is 16.1 Å². The van der Waals surface area contributed by atoms with Gasteiger partial charge in [-0.2, -0.15) is 5.26 Å². The Morgan fingerprint density at radius 2 is 2.19 bits per heavy atom. The molecular weight excluding hydrogens is 326 g/mol. The summed E-state index contributed by atoms with van der Waals surface area (Å²) in [6, 6.07) is 13.2. The minimum absolute atomic E-state index is 0.164. The lowest BCUT2D eigenvalue weighted by Crippen LogP contribution is -2.11. The zero-order valence-corrected chi connectivity index (χ0v) is 14.5. The Labute approximate surface area is 150 Å². The van der Waals surface area contributed by atoms with E-state index in [-0.39, 0.29) is 17.5 Å². The fourth-order valence-corrected chi connectivity index (χ4v) is 3.37. The second-order valence-electron chi connectivity index (χ2n) is 6.56. The molecule has 1 aromatic heterocycles. The summed E-state index contributed by atoms with van der Waals surface area (Å²) in [7, 11) is 0. The first-order valence-electron chi connectivity index (χ1n) is 8.46. The van der Waals surface area contributed by atoms with E-state index in [2.05, 4.69) is 16.0 Å². The number of benzene rings is 2. The highest BCUT2D eigenvalue weighted by Gasteiger charge is 2.21. The summed E-state index contributed by atoms with van der Waals surface area (Å²) in [5.41, 5.74) is 3.71. The number of allylic oxidation sites excluding steroid dienone is 1. The predicted octanol–water partition coefficient (Wildman–Crippen LogP) is 3.62. The summed E-state index contributed by atoms with van der Waals surface area (Å²) in [6.07, 6.45) is 2.77. The van der Waals surface area contributed by atoms with Gasteiger partial charge < -0.3 is 9.72 Å². The van der Waals surface area contributed by atoms with Gasteiger partial charge in [0.05, 0.1) is 16.5 Å². The molecular formula is C21H17N3O2. The number of aryl methyl sites for hydroxylation is 1. The molecule has 1 N–H and O–H groups in total. The highest BCUT2D eigenvalue weighted by molar-refractivity contribution is 5.89. The van der Waals surface area contributed by atoms with Gasteiger partial charge in [0.2, 0.25) is 0 Å². The number of rotatable bonds is 2. The monoisotopic (exact) mass is 343 g/mol. The molecule has 2 heterocycles. The molecule has 2 aromatic carbocycles. The molecule has 128 valence electrons. The lowest BCUT2D eigenvalue weighted by atomic mass is 10.0. The maximum atomic E-state index is 12.3. The third-order valence-corrected chi connectivity index (χ3v) is 4.50. The average Bonchev–Trinajstić information content (AvgIpc) is 3.00. The van der Waals surface area contributed by atoms with Crippen molar-refractivity contribution in [3.63, 3.8) is 0 Å². The zero-order valence-electron chi connectivity index (χ0n) is 14.5. The van der Waals surface area contributed by atoms with Crippen molar-refractivity contribution in [1.29, 1.82) is 5.26 Å². The number of nitrogens with one attached hydrogen (secondary N) is 1. The van der Waals surface area contributed by atoms with Crippen LogP contribution < -0.4 is 10.3 Å². The summed E-state index contributed by atoms with van der Waals surface area (Å²) in [5.74, 6) is 1.21. The third kappa shape index (κ3) is 2.76. The van der Waals surface area contributed by atoms with Gasteiger partial charge in [0.15, 0.2) is 5.82 Å². The number of nitriles is 1. The molecule has 0 saturated carbocycles. The first-order chi connectivity index (χ1) is 12.5. The molecule has 0 spiro atoms. The number of ether oxygens (including phenoxy) is 1. The van der Waals surface area contributed by atoms with Crippen LogP contribution in [0.4, 0.5) is 0 Å². The van der Waals surface area contributed by atoms with Gasteiger partial charge in [-0.15, -0.1) is 0 Å². The maximum absolute atomic E-state index is 12.3. The van der Waals surface area contributed by atoms with E-state index >= 15 is 0 Å². The van der Waals surface area contributed by atoms with E-state index in [0.717, 1.165) is 28.9 Å². The fourth-order valence-electron chi connectivity index (χ4n) is 3.37. The van der Waals surface area contributed by atoms with Crippen LogP contribution in [0.3, 0.4) is 0 Å². The first kappa shape index (κ1) is 16.1. The summed E-state index contributed by atoms with van der Waals surface area (Å²) >= 11 is 0. The Morgan fingerprint density at radius 1 is 1.38 bits per heavy atom. The van der Waals surface area contributed by atoms with Gasteiger partial charge in [0.25, 0.3) is 5.56 Å². The van der Waals surface area contributed by atoms with Crippen molar-refractivity contribution in [2.24, 2.45) is 0 Å². The Bertz CT molecular complexity index is 1150. The molecule has 1 aliphatic heterocycles. The molecule has 5 heteroatoms. The van der Waals surface area contributed by atoms with E-state index in [1.165, 1.54) is 0 Å². The van der Waals surface area contributed by atoms with Crippen LogP contribution in [0, 0.1) is 18.3 Å². The standard InChI is InChI=1S/C21H17N3O2/c1-12-7-14(9-15-8-13(2)26-19(12)15)10-16(11-22)20-23-18-6-4-3-5-17(18)21(25)24-20/h3-7,9-10,13H,8H2,1-2H3,(H,23,24,25). The first-order valence-corrected chi connectivity index (χ1v) is 8.46. The Hall–Kier alpha value is -3.39. The van der Waals surface area contributed by atoms with E-state index in [1.807, 2.05) is 32.0 Å². The van der Waals surface area contributed by atoms with Crippen LogP contribution in [-0.2, 0) is 6.42 Å². The van der Waals surface area contributed by atoms with Crippen molar-refractivity contribution in [3.8, 4) is 11.8 Å². The highest BCUT2D eigenvalue weighted by Crippen LogP contribution is 2.34. The Balaban J connectivity index is 1.82. The molecule has 0 radical (unpaired) electrons. The molecule has 0 amide bonds. The van der Waals surface area contributed by atoms with Crippen molar-refractivity contribution in [3.05, 3.63) is 69.3 Å². The van der Waals surface area contributed by atoms with Gasteiger partial charge in [-0.05, 0) is 60.9 Å². The third-order valence-electron chi connectivity index (χ3n) is 4.50. The smallest absolute Gasteiger partial charge is 0.259 e. The molecule has 1 unspecified atom stereocenters. The van der Waals surface area contributed by atoms with Gasteiger partial charge in [-0.25, -0.2) is 4.98 Å². The number of para-hydroxylation sites is 1. The Kier molecular flexibility index (Phi) is 3.81. The number of aromatic amines is 1. The van der Waals surface area contributed by atoms with Crippen molar-refractivity contribution in [2.75, 3.05) is 0 Å². The molecule has 3 aromatic rings. The number of nitrogens with zero attached hydrogens (tertiary/aromatic N) is 2. The van der Waals surface area contributed by atoms with Crippen LogP contribution in [0.25, 0.3) is 22.6 Å². The molecule has 0 saturated heterocycles. The quantitative estimate of drug-likeness (QED) is 0.721. The topological polar surface area (TPSA) is 78.8 Å². The van der Waals surface area contributed by atoms with Gasteiger partial charge in [0, 0.05) is 6.42 Å². The van der Waals surface area contributed by atoms with E-state index in [1.54, 1.807) is 24.3 Å². The zero-order chi connectivity index (χ0) is 18.3. The van der Waals surface area contributed by atoms with E-state index in [9.17, 15) is 10.1 Å². The predicted molar refractivity (Wildman–Crippen MR) is 101 cm³/mol. The van der Waals surface area contributed by atoms with E-state index < -0.39 is 0 Å². The number of aromatic nitrogens is 2. The van der Waals surface area contributed by atoms with Gasteiger partial charge in [0.1, 0.15) is 17.9 Å². The van der Waals surface area contributed by atoms with Crippen LogP contribution in [0.5, 0.6) is 5.75 Å². The minimum atomic E-state index is -0.251. The van der Waals surface area contributed by atoms with Gasteiger partial charge in [-0.3, -0.25) is 4.79 Å². The molecule has 26 heavy (non-hydrogen) atoms. The van der Waals surface area contributed by atoms with Crippen molar-refractivity contribution in [1.82, 2.24) is 9.97 Å². The summed E-state index contributed by atoms with van der Waals surface area (Å²) in [5, 5.41) is 10.1. The highest BCUT2D eigenvalue weighted by atomic mass is 16.5. The maximum Gasteiger partial charge on any atom is 0.259 e. The van der Waals surface area contributed by atoms with Gasteiger partial charge >= 0.3 is 0 Å². The van der Waals surface area contributed by atoms with Crippen molar-refractivity contribution >= 4 is 22.6 Å². The lowest BCUT2D eigenvalue weighted by molar-refractivity contribution is 0.253. The molecule has 1 atom stereocenters. The van der Waals surface area contributed by atoms with Crippen LogP contribution in [0.2, 0.25) is 0 Å². The lowest BCUT2D eigenvalue weighted by Gasteiger charge is -2.07. The minimum Gasteiger partial charge on any atom is -0.490 e. The average molecular weight is 343 g/mol. The molecule has 0 aliphatic carbocycles. The van der Waals surface area contributed by atoms with Crippen LogP contribution in [0.1, 0.15) is 29.4 Å². The largest absolute Gasteiger partial charge is 0.490 e. The van der Waals surface area contributed by atoms with E-state index in [4.69, 9.17) is 4.74 Å². The number of hydrogen-bond donors (Lipinski definition) is 1. The normalized spacial score (nSPS) is 16.2. The van der Waals surface area contributed by atoms with Crippen LogP contribution in [0.15, 0.2) is 41.2 Å².